The van der Waals surface area contributed by atoms with Crippen molar-refractivity contribution in [2.24, 2.45) is 0 Å². The van der Waals surface area contributed by atoms with Gasteiger partial charge in [-0.25, -0.2) is 0 Å². The zero-order valence-corrected chi connectivity index (χ0v) is 15.9. The highest BCUT2D eigenvalue weighted by atomic mass is 35.5. The van der Waals surface area contributed by atoms with Crippen molar-refractivity contribution in [1.29, 1.82) is 0 Å². The molecular weight excluding hydrogens is 366 g/mol. The first-order valence-corrected chi connectivity index (χ1v) is 9.42. The quantitative estimate of drug-likeness (QED) is 0.586. The van der Waals surface area contributed by atoms with Crippen LogP contribution in [0, 0.1) is 10.1 Å². The van der Waals surface area contributed by atoms with Crippen LogP contribution in [0.4, 0.5) is 11.4 Å². The van der Waals surface area contributed by atoms with Crippen LogP contribution in [0.5, 0.6) is 0 Å². The Labute approximate surface area is 163 Å². The molecule has 0 aliphatic carbocycles. The van der Waals surface area contributed by atoms with Gasteiger partial charge in [0.25, 0.3) is 11.6 Å². The smallest absolute Gasteiger partial charge is 0.293 e. The SMILES string of the molecule is CC1CCCCN1C(=O)c1ccc(NCc2ccccc2Cl)c([N+](=O)[O-])c1. The van der Waals surface area contributed by atoms with E-state index in [0.717, 1.165) is 24.8 Å². The number of piperidine rings is 1. The summed E-state index contributed by atoms with van der Waals surface area (Å²) in [7, 11) is 0. The van der Waals surface area contributed by atoms with E-state index < -0.39 is 4.92 Å². The molecule has 2 aromatic rings. The Hall–Kier alpha value is -2.60. The van der Waals surface area contributed by atoms with E-state index in [2.05, 4.69) is 5.32 Å². The number of carbonyl (C=O) groups excluding carboxylic acids is 1. The van der Waals surface area contributed by atoms with E-state index >= 15 is 0 Å². The van der Waals surface area contributed by atoms with Crippen LogP contribution in [0.2, 0.25) is 5.02 Å². The number of benzene rings is 2. The highest BCUT2D eigenvalue weighted by molar-refractivity contribution is 6.31. The number of nitro benzene ring substituents is 1. The molecule has 1 atom stereocenters. The van der Waals surface area contributed by atoms with Gasteiger partial charge >= 0.3 is 0 Å². The van der Waals surface area contributed by atoms with Gasteiger partial charge in [0, 0.05) is 35.8 Å². The second-order valence-electron chi connectivity index (χ2n) is 6.78. The molecule has 1 fully saturated rings. The first kappa shape index (κ1) is 19.2. The van der Waals surface area contributed by atoms with E-state index in [1.165, 1.54) is 6.07 Å². The minimum atomic E-state index is -0.467. The number of anilines is 1. The number of amides is 1. The summed E-state index contributed by atoms with van der Waals surface area (Å²) in [5, 5.41) is 15.2. The number of hydrogen-bond donors (Lipinski definition) is 1. The molecule has 1 heterocycles. The zero-order chi connectivity index (χ0) is 19.4. The second-order valence-corrected chi connectivity index (χ2v) is 7.18. The average molecular weight is 388 g/mol. The van der Waals surface area contributed by atoms with Crippen LogP contribution < -0.4 is 5.32 Å². The number of nitrogens with one attached hydrogen (secondary N) is 1. The summed E-state index contributed by atoms with van der Waals surface area (Å²) in [6, 6.07) is 12.1. The van der Waals surface area contributed by atoms with Gasteiger partial charge < -0.3 is 10.2 Å². The molecule has 0 radical (unpaired) electrons. The fourth-order valence-electron chi connectivity index (χ4n) is 3.36. The van der Waals surface area contributed by atoms with Crippen LogP contribution in [0.15, 0.2) is 42.5 Å². The van der Waals surface area contributed by atoms with Gasteiger partial charge in [-0.15, -0.1) is 0 Å². The van der Waals surface area contributed by atoms with E-state index in [1.807, 2.05) is 25.1 Å². The van der Waals surface area contributed by atoms with Crippen molar-refractivity contribution >= 4 is 28.9 Å². The third-order valence-corrected chi connectivity index (χ3v) is 5.30. The van der Waals surface area contributed by atoms with Crippen LogP contribution in [0.1, 0.15) is 42.1 Å². The van der Waals surface area contributed by atoms with Crippen LogP contribution >= 0.6 is 11.6 Å². The van der Waals surface area contributed by atoms with Crippen LogP contribution in [-0.4, -0.2) is 28.3 Å². The maximum Gasteiger partial charge on any atom is 0.293 e. The van der Waals surface area contributed by atoms with Crippen molar-refractivity contribution in [3.8, 4) is 0 Å². The summed E-state index contributed by atoms with van der Waals surface area (Å²) in [6.07, 6.45) is 3.04. The van der Waals surface area contributed by atoms with Crippen molar-refractivity contribution in [3.63, 3.8) is 0 Å². The summed E-state index contributed by atoms with van der Waals surface area (Å²) in [4.78, 5) is 25.7. The lowest BCUT2D eigenvalue weighted by Gasteiger charge is -2.33. The second kappa shape index (κ2) is 8.39. The van der Waals surface area contributed by atoms with Gasteiger partial charge in [-0.3, -0.25) is 14.9 Å². The van der Waals surface area contributed by atoms with Gasteiger partial charge in [0.2, 0.25) is 0 Å². The molecule has 27 heavy (non-hydrogen) atoms. The number of likely N-dealkylation sites (tertiary alicyclic amines) is 1. The molecule has 142 valence electrons. The Bertz CT molecular complexity index is 856. The Kier molecular flexibility index (Phi) is 5.96. The normalized spacial score (nSPS) is 16.8. The first-order chi connectivity index (χ1) is 13.0. The molecule has 1 aliphatic heterocycles. The van der Waals surface area contributed by atoms with E-state index in [0.29, 0.717) is 29.4 Å². The van der Waals surface area contributed by atoms with Gasteiger partial charge in [0.15, 0.2) is 0 Å². The molecule has 6 nitrogen and oxygen atoms in total. The number of rotatable bonds is 5. The molecule has 0 spiro atoms. The summed E-state index contributed by atoms with van der Waals surface area (Å²) in [5.74, 6) is -0.150. The number of hydrogen-bond acceptors (Lipinski definition) is 4. The molecule has 2 aromatic carbocycles. The lowest BCUT2D eigenvalue weighted by Crippen LogP contribution is -2.42. The maximum atomic E-state index is 12.8. The largest absolute Gasteiger partial charge is 0.375 e. The number of nitrogens with zero attached hydrogens (tertiary/aromatic N) is 2. The van der Waals surface area contributed by atoms with Crippen molar-refractivity contribution in [3.05, 3.63) is 68.7 Å². The highest BCUT2D eigenvalue weighted by Crippen LogP contribution is 2.28. The molecule has 0 saturated carbocycles. The average Bonchev–Trinajstić information content (AvgIpc) is 2.67. The topological polar surface area (TPSA) is 75.5 Å². The van der Waals surface area contributed by atoms with E-state index in [9.17, 15) is 14.9 Å². The lowest BCUT2D eigenvalue weighted by atomic mass is 10.0. The minimum Gasteiger partial charge on any atom is -0.375 e. The van der Waals surface area contributed by atoms with Crippen molar-refractivity contribution in [2.75, 3.05) is 11.9 Å². The Morgan fingerprint density at radius 2 is 2.07 bits per heavy atom. The molecular formula is C20H22ClN3O3. The summed E-state index contributed by atoms with van der Waals surface area (Å²) >= 11 is 6.14. The summed E-state index contributed by atoms with van der Waals surface area (Å²) in [5.41, 5.74) is 1.44. The highest BCUT2D eigenvalue weighted by Gasteiger charge is 2.26. The standard InChI is InChI=1S/C20H22ClN3O3/c1-14-6-4-5-11-23(14)20(25)15-9-10-18(19(12-15)24(26)27)22-13-16-7-2-3-8-17(16)21/h2-3,7-10,12,14,22H,4-6,11,13H2,1H3. The van der Waals surface area contributed by atoms with Gasteiger partial charge in [-0.05, 0) is 49.9 Å². The molecule has 1 amide bonds. The predicted octanol–water partition coefficient (Wildman–Crippen LogP) is 4.87. The van der Waals surface area contributed by atoms with Crippen LogP contribution in [0.3, 0.4) is 0 Å². The van der Waals surface area contributed by atoms with Crippen molar-refractivity contribution < 1.29 is 9.72 Å². The molecule has 0 bridgehead atoms. The number of carbonyl (C=O) groups is 1. The monoisotopic (exact) mass is 387 g/mol. The fraction of sp³-hybridized carbons (Fsp3) is 0.350. The van der Waals surface area contributed by atoms with Crippen molar-refractivity contribution in [2.45, 2.75) is 38.8 Å². The maximum absolute atomic E-state index is 12.8. The molecule has 1 unspecified atom stereocenters. The number of nitro groups is 1. The van der Waals surface area contributed by atoms with E-state index in [1.54, 1.807) is 23.1 Å². The third kappa shape index (κ3) is 4.39. The van der Waals surface area contributed by atoms with Crippen LogP contribution in [0.25, 0.3) is 0 Å². The van der Waals surface area contributed by atoms with Gasteiger partial charge in [0.05, 0.1) is 4.92 Å². The fourth-order valence-corrected chi connectivity index (χ4v) is 3.57. The molecule has 7 heteroatoms. The number of halogens is 1. The molecule has 0 aromatic heterocycles. The molecule has 1 N–H and O–H groups in total. The van der Waals surface area contributed by atoms with E-state index in [4.69, 9.17) is 11.6 Å². The predicted molar refractivity (Wildman–Crippen MR) is 106 cm³/mol. The Balaban J connectivity index is 1.81. The zero-order valence-electron chi connectivity index (χ0n) is 15.2. The Morgan fingerprint density at radius 3 is 2.78 bits per heavy atom. The summed E-state index contributed by atoms with van der Waals surface area (Å²) in [6.45, 7) is 3.07. The van der Waals surface area contributed by atoms with Gasteiger partial charge in [-0.2, -0.15) is 0 Å². The summed E-state index contributed by atoms with van der Waals surface area (Å²) < 4.78 is 0. The lowest BCUT2D eigenvalue weighted by molar-refractivity contribution is -0.384. The Morgan fingerprint density at radius 1 is 1.30 bits per heavy atom. The molecule has 1 aliphatic rings. The van der Waals surface area contributed by atoms with Crippen molar-refractivity contribution in [1.82, 2.24) is 4.90 Å². The van der Waals surface area contributed by atoms with Gasteiger partial charge in [0.1, 0.15) is 5.69 Å². The minimum absolute atomic E-state index is 0.113. The van der Waals surface area contributed by atoms with Crippen LogP contribution in [-0.2, 0) is 6.54 Å². The van der Waals surface area contributed by atoms with Gasteiger partial charge in [-0.1, -0.05) is 29.8 Å². The first-order valence-electron chi connectivity index (χ1n) is 9.04. The third-order valence-electron chi connectivity index (χ3n) is 4.93. The molecule has 3 rings (SSSR count). The molecule has 1 saturated heterocycles. The van der Waals surface area contributed by atoms with E-state index in [-0.39, 0.29) is 17.6 Å².